The third-order valence-electron chi connectivity index (χ3n) is 3.68. The Kier molecular flexibility index (Phi) is 6.15. The number of nitrogens with one attached hydrogen (secondary N) is 2. The number of nitrogens with zero attached hydrogens (tertiary/aromatic N) is 2. The van der Waals surface area contributed by atoms with Crippen LogP contribution >= 0.6 is 23.2 Å². The number of aromatic nitrogens is 2. The highest BCUT2D eigenvalue weighted by Crippen LogP contribution is 2.27. The number of hydrogen-bond acceptors (Lipinski definition) is 5. The molecule has 5 nitrogen and oxygen atoms in total. The van der Waals surface area contributed by atoms with Gasteiger partial charge < -0.3 is 15.4 Å². The molecule has 0 radical (unpaired) electrons. The number of hydrogen-bond donors (Lipinski definition) is 2. The molecular weight excluding hydrogens is 371 g/mol. The van der Waals surface area contributed by atoms with Crippen LogP contribution in [0.4, 0.5) is 17.5 Å². The molecule has 0 aliphatic heterocycles. The van der Waals surface area contributed by atoms with E-state index in [1.807, 2.05) is 18.2 Å². The molecule has 0 bridgehead atoms. The summed E-state index contributed by atoms with van der Waals surface area (Å²) in [4.78, 5) is 8.68. The van der Waals surface area contributed by atoms with Crippen LogP contribution in [-0.2, 0) is 6.42 Å². The van der Waals surface area contributed by atoms with E-state index in [1.165, 1.54) is 5.56 Å². The molecule has 2 aromatic carbocycles. The van der Waals surface area contributed by atoms with Gasteiger partial charge >= 0.3 is 0 Å². The minimum atomic E-state index is 0.538. The van der Waals surface area contributed by atoms with E-state index < -0.39 is 0 Å². The van der Waals surface area contributed by atoms with Crippen molar-refractivity contribution in [1.29, 1.82) is 0 Å². The molecule has 0 spiro atoms. The minimum Gasteiger partial charge on any atom is -0.497 e. The SMILES string of the molecule is COc1cccc(CCNc2nccc(Nc3cc(Cl)ccc3Cl)n2)c1. The van der Waals surface area contributed by atoms with Crippen molar-refractivity contribution in [2.24, 2.45) is 0 Å². The maximum absolute atomic E-state index is 6.17. The molecule has 0 amide bonds. The number of anilines is 3. The standard InChI is InChI=1S/C19H18Cl2N4O/c1-26-15-4-2-3-13(11-15)7-9-22-19-23-10-8-18(25-19)24-17-12-14(20)5-6-16(17)21/h2-6,8,10-12H,7,9H2,1H3,(H2,22,23,24,25). The lowest BCUT2D eigenvalue weighted by Gasteiger charge is -2.10. The first-order chi connectivity index (χ1) is 12.6. The average molecular weight is 389 g/mol. The fourth-order valence-electron chi connectivity index (χ4n) is 2.39. The number of methoxy groups -OCH3 is 1. The fourth-order valence-corrected chi connectivity index (χ4v) is 2.73. The van der Waals surface area contributed by atoms with Crippen molar-refractivity contribution in [2.75, 3.05) is 24.3 Å². The van der Waals surface area contributed by atoms with Gasteiger partial charge in [-0.3, -0.25) is 0 Å². The van der Waals surface area contributed by atoms with Crippen LogP contribution in [0.25, 0.3) is 0 Å². The summed E-state index contributed by atoms with van der Waals surface area (Å²) in [5.41, 5.74) is 1.87. The molecule has 134 valence electrons. The van der Waals surface area contributed by atoms with Crippen LogP contribution in [0, 0.1) is 0 Å². The third-order valence-corrected chi connectivity index (χ3v) is 4.24. The van der Waals surface area contributed by atoms with Crippen LogP contribution in [0.2, 0.25) is 10.0 Å². The van der Waals surface area contributed by atoms with E-state index >= 15 is 0 Å². The second kappa shape index (κ2) is 8.74. The van der Waals surface area contributed by atoms with E-state index in [4.69, 9.17) is 27.9 Å². The lowest BCUT2D eigenvalue weighted by atomic mass is 10.1. The molecule has 26 heavy (non-hydrogen) atoms. The first-order valence-corrected chi connectivity index (χ1v) is 8.81. The quantitative estimate of drug-likeness (QED) is 0.582. The second-order valence-electron chi connectivity index (χ2n) is 5.54. The van der Waals surface area contributed by atoms with Gasteiger partial charge in [0.2, 0.25) is 5.95 Å². The molecule has 1 aromatic heterocycles. The Hall–Kier alpha value is -2.50. The molecule has 0 unspecified atom stereocenters. The Labute approximate surface area is 162 Å². The smallest absolute Gasteiger partial charge is 0.224 e. The summed E-state index contributed by atoms with van der Waals surface area (Å²) in [5, 5.41) is 7.54. The molecule has 0 aliphatic carbocycles. The van der Waals surface area contributed by atoms with Crippen LogP contribution in [0.5, 0.6) is 5.75 Å². The maximum Gasteiger partial charge on any atom is 0.224 e. The van der Waals surface area contributed by atoms with Gasteiger partial charge in [0, 0.05) is 17.8 Å². The summed E-state index contributed by atoms with van der Waals surface area (Å²) in [6, 6.07) is 15.0. The number of rotatable bonds is 7. The van der Waals surface area contributed by atoms with Gasteiger partial charge in [-0.25, -0.2) is 4.98 Å². The van der Waals surface area contributed by atoms with E-state index in [1.54, 1.807) is 37.6 Å². The molecular formula is C19H18Cl2N4O. The largest absolute Gasteiger partial charge is 0.497 e. The Morgan fingerprint density at radius 2 is 1.96 bits per heavy atom. The van der Waals surface area contributed by atoms with Gasteiger partial charge in [-0.2, -0.15) is 4.98 Å². The van der Waals surface area contributed by atoms with Gasteiger partial charge in [0.05, 0.1) is 17.8 Å². The lowest BCUT2D eigenvalue weighted by molar-refractivity contribution is 0.414. The summed E-state index contributed by atoms with van der Waals surface area (Å²) in [7, 11) is 1.66. The van der Waals surface area contributed by atoms with Crippen LogP contribution in [-0.4, -0.2) is 23.6 Å². The van der Waals surface area contributed by atoms with Crippen LogP contribution in [0.1, 0.15) is 5.56 Å². The van der Waals surface area contributed by atoms with Crippen molar-refractivity contribution >= 4 is 40.7 Å². The Morgan fingerprint density at radius 3 is 2.81 bits per heavy atom. The average Bonchev–Trinajstić information content (AvgIpc) is 2.65. The van der Waals surface area contributed by atoms with Crippen molar-refractivity contribution in [1.82, 2.24) is 9.97 Å². The molecule has 0 atom stereocenters. The fraction of sp³-hybridized carbons (Fsp3) is 0.158. The Morgan fingerprint density at radius 1 is 1.08 bits per heavy atom. The van der Waals surface area contributed by atoms with E-state index in [0.29, 0.717) is 34.0 Å². The van der Waals surface area contributed by atoms with Gasteiger partial charge in [-0.05, 0) is 48.4 Å². The van der Waals surface area contributed by atoms with E-state index in [-0.39, 0.29) is 0 Å². The zero-order chi connectivity index (χ0) is 18.4. The van der Waals surface area contributed by atoms with Crippen LogP contribution in [0.15, 0.2) is 54.7 Å². The topological polar surface area (TPSA) is 59.1 Å². The molecule has 1 heterocycles. The zero-order valence-electron chi connectivity index (χ0n) is 14.2. The van der Waals surface area contributed by atoms with Crippen molar-refractivity contribution in [3.05, 3.63) is 70.3 Å². The molecule has 0 fully saturated rings. The van der Waals surface area contributed by atoms with Crippen molar-refractivity contribution < 1.29 is 4.74 Å². The monoisotopic (exact) mass is 388 g/mol. The summed E-state index contributed by atoms with van der Waals surface area (Å²) in [6.07, 6.45) is 2.51. The van der Waals surface area contributed by atoms with Gasteiger partial charge in [0.15, 0.2) is 0 Å². The van der Waals surface area contributed by atoms with Crippen molar-refractivity contribution in [3.8, 4) is 5.75 Å². The first kappa shape index (κ1) is 18.3. The van der Waals surface area contributed by atoms with Crippen LogP contribution < -0.4 is 15.4 Å². The predicted octanol–water partition coefficient (Wildman–Crippen LogP) is 5.19. The molecule has 3 aromatic rings. The lowest BCUT2D eigenvalue weighted by Crippen LogP contribution is -2.08. The maximum atomic E-state index is 6.17. The summed E-state index contributed by atoms with van der Waals surface area (Å²) in [6.45, 7) is 0.703. The molecule has 0 aliphatic rings. The van der Waals surface area contributed by atoms with Gasteiger partial charge in [-0.1, -0.05) is 35.3 Å². The van der Waals surface area contributed by atoms with Gasteiger partial charge in [0.25, 0.3) is 0 Å². The molecule has 7 heteroatoms. The highest BCUT2D eigenvalue weighted by molar-refractivity contribution is 6.35. The van der Waals surface area contributed by atoms with Crippen molar-refractivity contribution in [2.45, 2.75) is 6.42 Å². The zero-order valence-corrected chi connectivity index (χ0v) is 15.7. The van der Waals surface area contributed by atoms with Crippen molar-refractivity contribution in [3.63, 3.8) is 0 Å². The second-order valence-corrected chi connectivity index (χ2v) is 6.39. The number of ether oxygens (including phenoxy) is 1. The third kappa shape index (κ3) is 5.00. The molecule has 0 saturated heterocycles. The Balaban J connectivity index is 1.61. The predicted molar refractivity (Wildman–Crippen MR) is 107 cm³/mol. The summed E-state index contributed by atoms with van der Waals surface area (Å²) >= 11 is 12.2. The first-order valence-electron chi connectivity index (χ1n) is 8.06. The van der Waals surface area contributed by atoms with E-state index in [0.717, 1.165) is 12.2 Å². The highest BCUT2D eigenvalue weighted by atomic mass is 35.5. The van der Waals surface area contributed by atoms with Crippen LogP contribution in [0.3, 0.4) is 0 Å². The van der Waals surface area contributed by atoms with E-state index in [9.17, 15) is 0 Å². The normalized spacial score (nSPS) is 10.4. The summed E-state index contributed by atoms with van der Waals surface area (Å²) in [5.74, 6) is 2.02. The Bertz CT molecular complexity index is 889. The highest BCUT2D eigenvalue weighted by Gasteiger charge is 2.04. The van der Waals surface area contributed by atoms with E-state index in [2.05, 4.69) is 26.7 Å². The molecule has 2 N–H and O–H groups in total. The minimum absolute atomic E-state index is 0.538. The molecule has 3 rings (SSSR count). The number of halogens is 2. The number of benzene rings is 2. The summed E-state index contributed by atoms with van der Waals surface area (Å²) < 4.78 is 5.24. The van der Waals surface area contributed by atoms with Gasteiger partial charge in [-0.15, -0.1) is 0 Å². The van der Waals surface area contributed by atoms with Gasteiger partial charge in [0.1, 0.15) is 11.6 Å². The molecule has 0 saturated carbocycles.